The van der Waals surface area contributed by atoms with E-state index in [0.717, 1.165) is 61.7 Å². The fourth-order valence-corrected chi connectivity index (χ4v) is 4.91. The lowest BCUT2D eigenvalue weighted by Crippen LogP contribution is -2.47. The number of hydrogen-bond acceptors (Lipinski definition) is 6. The van der Waals surface area contributed by atoms with Crippen molar-refractivity contribution in [2.24, 2.45) is 0 Å². The Kier molecular flexibility index (Phi) is 5.44. The molecule has 3 fully saturated rings. The molecule has 31 heavy (non-hydrogen) atoms. The van der Waals surface area contributed by atoms with Gasteiger partial charge in [-0.15, -0.1) is 0 Å². The number of carbonyl (C=O) groups excluding carboxylic acids is 1. The van der Waals surface area contributed by atoms with Crippen LogP contribution in [0, 0.1) is 6.92 Å². The number of amides is 1. The SMILES string of the molecule is COc1ccc([C@@H]2[C@@H](c3nc(C)nn3C3CCN(C)CC3)OCC(=O)N2C2CC2)cc1. The maximum Gasteiger partial charge on any atom is 0.249 e. The summed E-state index contributed by atoms with van der Waals surface area (Å²) in [6.45, 7) is 4.11. The molecular formula is C23H31N5O3. The van der Waals surface area contributed by atoms with Gasteiger partial charge in [-0.25, -0.2) is 9.67 Å². The Labute approximate surface area is 183 Å². The summed E-state index contributed by atoms with van der Waals surface area (Å²) in [6, 6.07) is 8.35. The number of nitrogens with zero attached hydrogens (tertiary/aromatic N) is 5. The van der Waals surface area contributed by atoms with Crippen LogP contribution < -0.4 is 4.74 Å². The lowest BCUT2D eigenvalue weighted by atomic mass is 9.96. The number of aromatic nitrogens is 3. The topological polar surface area (TPSA) is 72.7 Å². The minimum absolute atomic E-state index is 0.0571. The predicted molar refractivity (Wildman–Crippen MR) is 115 cm³/mol. The van der Waals surface area contributed by atoms with E-state index in [0.29, 0.717) is 6.04 Å². The maximum absolute atomic E-state index is 12.9. The number of hydrogen-bond donors (Lipinski definition) is 0. The predicted octanol–water partition coefficient (Wildman–Crippen LogP) is 2.67. The monoisotopic (exact) mass is 425 g/mol. The van der Waals surface area contributed by atoms with Crippen molar-refractivity contribution in [1.29, 1.82) is 0 Å². The molecule has 2 aromatic rings. The standard InChI is InChI=1S/C23H31N5O3/c1-15-24-23(28(25-15)18-10-12-26(2)13-11-18)22-21(16-4-8-19(30-3)9-5-16)27(17-6-7-17)20(29)14-31-22/h4-5,8-9,17-18,21-22H,6-7,10-14H2,1-3H3/t21-,22+/m1/s1. The number of rotatable bonds is 5. The van der Waals surface area contributed by atoms with E-state index in [-0.39, 0.29) is 30.7 Å². The van der Waals surface area contributed by atoms with Crippen molar-refractivity contribution in [2.45, 2.75) is 56.8 Å². The van der Waals surface area contributed by atoms with E-state index in [1.807, 2.05) is 36.1 Å². The molecule has 166 valence electrons. The highest BCUT2D eigenvalue weighted by atomic mass is 16.5. The molecule has 1 saturated carbocycles. The zero-order valence-corrected chi connectivity index (χ0v) is 18.5. The van der Waals surface area contributed by atoms with Gasteiger partial charge in [0.1, 0.15) is 24.3 Å². The van der Waals surface area contributed by atoms with Crippen molar-refractivity contribution >= 4 is 5.91 Å². The lowest BCUT2D eigenvalue weighted by molar-refractivity contribution is -0.160. The van der Waals surface area contributed by atoms with Crippen LogP contribution in [0.25, 0.3) is 0 Å². The highest BCUT2D eigenvalue weighted by Gasteiger charge is 2.47. The summed E-state index contributed by atoms with van der Waals surface area (Å²) in [4.78, 5) is 22.1. The van der Waals surface area contributed by atoms with Crippen LogP contribution in [-0.2, 0) is 9.53 Å². The van der Waals surface area contributed by atoms with Crippen LogP contribution in [-0.4, -0.2) is 70.4 Å². The summed E-state index contributed by atoms with van der Waals surface area (Å²) >= 11 is 0. The van der Waals surface area contributed by atoms with Crippen LogP contribution in [0.5, 0.6) is 5.75 Å². The third-order valence-corrected chi connectivity index (χ3v) is 6.71. The van der Waals surface area contributed by atoms with Crippen molar-refractivity contribution in [3.8, 4) is 5.75 Å². The zero-order chi connectivity index (χ0) is 21.5. The number of aryl methyl sites for hydroxylation is 1. The first-order valence-corrected chi connectivity index (χ1v) is 11.2. The number of piperidine rings is 1. The van der Waals surface area contributed by atoms with Crippen LogP contribution in [0.4, 0.5) is 0 Å². The molecule has 0 bridgehead atoms. The molecule has 3 aliphatic rings. The number of morpholine rings is 1. The van der Waals surface area contributed by atoms with Crippen molar-refractivity contribution in [3.05, 3.63) is 41.5 Å². The van der Waals surface area contributed by atoms with Gasteiger partial charge in [0.05, 0.1) is 19.2 Å². The summed E-state index contributed by atoms with van der Waals surface area (Å²) in [7, 11) is 3.82. The Hall–Kier alpha value is -2.45. The number of carbonyl (C=O) groups is 1. The highest BCUT2D eigenvalue weighted by molar-refractivity contribution is 5.79. The van der Waals surface area contributed by atoms with E-state index < -0.39 is 0 Å². The summed E-state index contributed by atoms with van der Waals surface area (Å²) in [5, 5.41) is 4.78. The quantitative estimate of drug-likeness (QED) is 0.733. The van der Waals surface area contributed by atoms with Gasteiger partial charge in [0.15, 0.2) is 5.82 Å². The van der Waals surface area contributed by atoms with Crippen LogP contribution in [0.2, 0.25) is 0 Å². The van der Waals surface area contributed by atoms with Gasteiger partial charge in [0.2, 0.25) is 5.91 Å². The van der Waals surface area contributed by atoms with Crippen LogP contribution >= 0.6 is 0 Å². The van der Waals surface area contributed by atoms with E-state index in [2.05, 4.69) is 16.6 Å². The Balaban J connectivity index is 1.54. The van der Waals surface area contributed by atoms with Gasteiger partial charge in [-0.1, -0.05) is 12.1 Å². The van der Waals surface area contributed by atoms with Crippen LogP contribution in [0.15, 0.2) is 24.3 Å². The van der Waals surface area contributed by atoms with E-state index in [1.54, 1.807) is 7.11 Å². The zero-order valence-electron chi connectivity index (χ0n) is 18.5. The molecule has 0 radical (unpaired) electrons. The molecule has 2 atom stereocenters. The Bertz CT molecular complexity index is 931. The van der Waals surface area contributed by atoms with Crippen molar-refractivity contribution in [2.75, 3.05) is 33.9 Å². The van der Waals surface area contributed by atoms with E-state index in [9.17, 15) is 4.79 Å². The second-order valence-corrected chi connectivity index (χ2v) is 8.98. The molecule has 2 saturated heterocycles. The Morgan fingerprint density at radius 1 is 1.06 bits per heavy atom. The third-order valence-electron chi connectivity index (χ3n) is 6.71. The molecule has 8 heteroatoms. The molecule has 1 aliphatic carbocycles. The van der Waals surface area contributed by atoms with Gasteiger partial charge in [0.25, 0.3) is 0 Å². The number of benzene rings is 1. The van der Waals surface area contributed by atoms with Gasteiger partial charge in [0, 0.05) is 6.04 Å². The summed E-state index contributed by atoms with van der Waals surface area (Å²) in [6.07, 6.45) is 3.83. The second kappa shape index (κ2) is 8.24. The largest absolute Gasteiger partial charge is 0.497 e. The molecule has 8 nitrogen and oxygen atoms in total. The average molecular weight is 426 g/mol. The minimum atomic E-state index is -0.340. The number of methoxy groups -OCH3 is 1. The smallest absolute Gasteiger partial charge is 0.249 e. The summed E-state index contributed by atoms with van der Waals surface area (Å²) in [5.74, 6) is 2.44. The van der Waals surface area contributed by atoms with Crippen molar-refractivity contribution in [1.82, 2.24) is 24.6 Å². The van der Waals surface area contributed by atoms with Gasteiger partial charge in [-0.05, 0) is 70.4 Å². The van der Waals surface area contributed by atoms with Crippen LogP contribution in [0.1, 0.15) is 61.1 Å². The molecule has 0 N–H and O–H groups in total. The second-order valence-electron chi connectivity index (χ2n) is 8.98. The first-order chi connectivity index (χ1) is 15.0. The van der Waals surface area contributed by atoms with Gasteiger partial charge in [-0.2, -0.15) is 5.10 Å². The fraction of sp³-hybridized carbons (Fsp3) is 0.609. The van der Waals surface area contributed by atoms with Gasteiger partial charge >= 0.3 is 0 Å². The van der Waals surface area contributed by atoms with Gasteiger partial charge < -0.3 is 19.3 Å². The van der Waals surface area contributed by atoms with Gasteiger partial charge in [-0.3, -0.25) is 4.79 Å². The van der Waals surface area contributed by atoms with E-state index in [4.69, 9.17) is 19.6 Å². The molecule has 1 aromatic heterocycles. The first-order valence-electron chi connectivity index (χ1n) is 11.2. The first kappa shape index (κ1) is 20.5. The lowest BCUT2D eigenvalue weighted by Gasteiger charge is -2.41. The summed E-state index contributed by atoms with van der Waals surface area (Å²) in [5.41, 5.74) is 1.04. The molecule has 0 spiro atoms. The fourth-order valence-electron chi connectivity index (χ4n) is 4.91. The number of ether oxygens (including phenoxy) is 2. The van der Waals surface area contributed by atoms with Crippen LogP contribution in [0.3, 0.4) is 0 Å². The molecule has 2 aliphatic heterocycles. The third kappa shape index (κ3) is 3.94. The summed E-state index contributed by atoms with van der Waals surface area (Å²) < 4.78 is 13.6. The molecule has 5 rings (SSSR count). The van der Waals surface area contributed by atoms with Crippen molar-refractivity contribution in [3.63, 3.8) is 0 Å². The number of likely N-dealkylation sites (tertiary alicyclic amines) is 1. The molecule has 0 unspecified atom stereocenters. The molecule has 1 aromatic carbocycles. The molecule has 3 heterocycles. The maximum atomic E-state index is 12.9. The van der Waals surface area contributed by atoms with Crippen molar-refractivity contribution < 1.29 is 14.3 Å². The minimum Gasteiger partial charge on any atom is -0.497 e. The molecular weight excluding hydrogens is 394 g/mol. The normalized spacial score (nSPS) is 25.8. The average Bonchev–Trinajstić information content (AvgIpc) is 3.55. The van der Waals surface area contributed by atoms with E-state index >= 15 is 0 Å². The molecule has 1 amide bonds. The Morgan fingerprint density at radius 2 is 1.77 bits per heavy atom. The highest BCUT2D eigenvalue weighted by Crippen LogP contribution is 2.45. The Morgan fingerprint density at radius 3 is 2.42 bits per heavy atom. The van der Waals surface area contributed by atoms with E-state index in [1.165, 1.54) is 0 Å².